The van der Waals surface area contributed by atoms with Gasteiger partial charge in [-0.2, -0.15) is 0 Å². The molecule has 3 heteroatoms. The monoisotopic (exact) mass is 239 g/mol. The van der Waals surface area contributed by atoms with Crippen molar-refractivity contribution in [3.63, 3.8) is 0 Å². The molecule has 0 atom stereocenters. The van der Waals surface area contributed by atoms with Gasteiger partial charge in [0.25, 0.3) is 0 Å². The summed E-state index contributed by atoms with van der Waals surface area (Å²) in [6, 6.07) is 11.5. The summed E-state index contributed by atoms with van der Waals surface area (Å²) in [6.45, 7) is 1.29. The normalized spacial score (nSPS) is 14.6. The number of hydrogen-bond acceptors (Lipinski definition) is 3. The Morgan fingerprint density at radius 3 is 2.89 bits per heavy atom. The smallest absolute Gasteiger partial charge is 0.124 e. The van der Waals surface area contributed by atoms with Crippen LogP contribution in [0.5, 0.6) is 0 Å². The van der Waals surface area contributed by atoms with E-state index in [-0.39, 0.29) is 5.76 Å². The topological polar surface area (TPSA) is 42.4 Å². The molecule has 0 saturated carbocycles. The molecule has 90 valence electrons. The maximum Gasteiger partial charge on any atom is 0.124 e. The maximum atomic E-state index is 10.1. The molecule has 18 heavy (non-hydrogen) atoms. The van der Waals surface area contributed by atoms with E-state index in [9.17, 15) is 5.11 Å². The Balaban J connectivity index is 1.93. The second-order valence-electron chi connectivity index (χ2n) is 4.26. The fraction of sp³-hybridized carbons (Fsp3) is 0.133. The van der Waals surface area contributed by atoms with E-state index in [0.717, 1.165) is 16.8 Å². The average molecular weight is 239 g/mol. The van der Waals surface area contributed by atoms with Crippen molar-refractivity contribution in [1.29, 1.82) is 0 Å². The molecular weight excluding hydrogens is 226 g/mol. The standard InChI is InChI=1S/C15H13NO2/c17-15(8-14-3-1-2-6-16-14)11-4-5-12-9-18-10-13(12)7-11/h1-8,17H,9-10H2/b15-8-. The minimum Gasteiger partial charge on any atom is -0.507 e. The number of aromatic nitrogens is 1. The molecule has 3 rings (SSSR count). The second-order valence-corrected chi connectivity index (χ2v) is 4.26. The van der Waals surface area contributed by atoms with Crippen LogP contribution in [-0.2, 0) is 18.0 Å². The van der Waals surface area contributed by atoms with Crippen molar-refractivity contribution in [2.24, 2.45) is 0 Å². The van der Waals surface area contributed by atoms with Crippen LogP contribution in [0.4, 0.5) is 0 Å². The number of nitrogens with zero attached hydrogens (tertiary/aromatic N) is 1. The van der Waals surface area contributed by atoms with Crippen molar-refractivity contribution in [1.82, 2.24) is 4.98 Å². The molecule has 1 aromatic carbocycles. The van der Waals surface area contributed by atoms with E-state index in [4.69, 9.17) is 4.74 Å². The van der Waals surface area contributed by atoms with Crippen molar-refractivity contribution in [2.75, 3.05) is 0 Å². The van der Waals surface area contributed by atoms with Gasteiger partial charge >= 0.3 is 0 Å². The molecule has 0 spiro atoms. The summed E-state index contributed by atoms with van der Waals surface area (Å²) < 4.78 is 5.35. The van der Waals surface area contributed by atoms with Gasteiger partial charge in [-0.25, -0.2) is 0 Å². The van der Waals surface area contributed by atoms with Crippen molar-refractivity contribution < 1.29 is 9.84 Å². The van der Waals surface area contributed by atoms with Crippen molar-refractivity contribution >= 4 is 11.8 Å². The van der Waals surface area contributed by atoms with E-state index >= 15 is 0 Å². The Hall–Kier alpha value is -2.13. The molecule has 0 saturated heterocycles. The summed E-state index contributed by atoms with van der Waals surface area (Å²) in [5, 5.41) is 10.1. The van der Waals surface area contributed by atoms with Crippen LogP contribution in [-0.4, -0.2) is 10.1 Å². The summed E-state index contributed by atoms with van der Waals surface area (Å²) in [5.41, 5.74) is 3.88. The van der Waals surface area contributed by atoms with Crippen LogP contribution in [0.1, 0.15) is 22.4 Å². The molecule has 0 bridgehead atoms. The molecule has 3 nitrogen and oxygen atoms in total. The van der Waals surface area contributed by atoms with E-state index in [1.165, 1.54) is 5.56 Å². The van der Waals surface area contributed by atoms with Crippen molar-refractivity contribution in [3.05, 3.63) is 65.0 Å². The highest BCUT2D eigenvalue weighted by Crippen LogP contribution is 2.24. The Kier molecular flexibility index (Phi) is 2.82. The van der Waals surface area contributed by atoms with E-state index in [1.54, 1.807) is 12.3 Å². The third-order valence-electron chi connectivity index (χ3n) is 2.99. The number of ether oxygens (including phenoxy) is 1. The first-order valence-electron chi connectivity index (χ1n) is 5.84. The third-order valence-corrected chi connectivity index (χ3v) is 2.99. The molecular formula is C15H13NO2. The SMILES string of the molecule is O/C(=C\c1ccccn1)c1ccc2c(c1)COC2. The predicted molar refractivity (Wildman–Crippen MR) is 69.7 cm³/mol. The molecule has 0 amide bonds. The van der Waals surface area contributed by atoms with Gasteiger partial charge in [-0.05, 0) is 29.3 Å². The number of pyridine rings is 1. The van der Waals surface area contributed by atoms with Crippen LogP contribution in [0.15, 0.2) is 42.6 Å². The largest absolute Gasteiger partial charge is 0.507 e. The van der Waals surface area contributed by atoms with Crippen molar-refractivity contribution in [2.45, 2.75) is 13.2 Å². The number of hydrogen-bond donors (Lipinski definition) is 1. The second kappa shape index (κ2) is 4.63. The lowest BCUT2D eigenvalue weighted by Crippen LogP contribution is -1.89. The molecule has 0 aliphatic carbocycles. The lowest BCUT2D eigenvalue weighted by atomic mass is 10.0. The molecule has 1 aromatic heterocycles. The first kappa shape index (κ1) is 11.0. The summed E-state index contributed by atoms with van der Waals surface area (Å²) in [6.07, 6.45) is 3.37. The lowest BCUT2D eigenvalue weighted by molar-refractivity contribution is 0.134. The fourth-order valence-corrected chi connectivity index (χ4v) is 2.02. The summed E-state index contributed by atoms with van der Waals surface area (Å²) in [5.74, 6) is 0.225. The van der Waals surface area contributed by atoms with E-state index in [2.05, 4.69) is 4.98 Å². The van der Waals surface area contributed by atoms with Crippen LogP contribution in [0, 0.1) is 0 Å². The molecule has 2 heterocycles. The summed E-state index contributed by atoms with van der Waals surface area (Å²) in [4.78, 5) is 4.16. The van der Waals surface area contributed by atoms with Gasteiger partial charge in [-0.15, -0.1) is 0 Å². The average Bonchev–Trinajstić information content (AvgIpc) is 2.87. The Morgan fingerprint density at radius 2 is 2.06 bits per heavy atom. The Labute approximate surface area is 105 Å². The van der Waals surface area contributed by atoms with Crippen LogP contribution in [0.25, 0.3) is 11.8 Å². The van der Waals surface area contributed by atoms with Crippen LogP contribution >= 0.6 is 0 Å². The highest BCUT2D eigenvalue weighted by Gasteiger charge is 2.12. The summed E-state index contributed by atoms with van der Waals surface area (Å²) >= 11 is 0. The molecule has 0 fully saturated rings. The van der Waals surface area contributed by atoms with E-state index < -0.39 is 0 Å². The van der Waals surface area contributed by atoms with Gasteiger partial charge in [0.15, 0.2) is 0 Å². The fourth-order valence-electron chi connectivity index (χ4n) is 2.02. The zero-order valence-electron chi connectivity index (χ0n) is 9.84. The molecule has 1 aliphatic heterocycles. The highest BCUT2D eigenvalue weighted by molar-refractivity contribution is 5.75. The number of aliphatic hydroxyl groups is 1. The molecule has 1 aliphatic rings. The van der Waals surface area contributed by atoms with Crippen LogP contribution in [0.2, 0.25) is 0 Å². The van der Waals surface area contributed by atoms with Crippen LogP contribution < -0.4 is 0 Å². The molecule has 2 aromatic rings. The van der Waals surface area contributed by atoms with Gasteiger partial charge in [0, 0.05) is 17.8 Å². The molecule has 0 unspecified atom stereocenters. The zero-order chi connectivity index (χ0) is 12.4. The first-order valence-corrected chi connectivity index (χ1v) is 5.84. The summed E-state index contributed by atoms with van der Waals surface area (Å²) in [7, 11) is 0. The minimum absolute atomic E-state index is 0.225. The van der Waals surface area contributed by atoms with Gasteiger partial charge < -0.3 is 9.84 Å². The third kappa shape index (κ3) is 2.13. The number of rotatable bonds is 2. The Morgan fingerprint density at radius 1 is 1.17 bits per heavy atom. The van der Waals surface area contributed by atoms with Gasteiger partial charge in [0.1, 0.15) is 5.76 Å². The number of fused-ring (bicyclic) bond motifs is 1. The quantitative estimate of drug-likeness (QED) is 0.818. The van der Waals surface area contributed by atoms with Crippen molar-refractivity contribution in [3.8, 4) is 0 Å². The minimum atomic E-state index is 0.225. The Bertz CT molecular complexity index is 591. The van der Waals surface area contributed by atoms with E-state index in [0.29, 0.717) is 13.2 Å². The van der Waals surface area contributed by atoms with Gasteiger partial charge in [-0.1, -0.05) is 18.2 Å². The molecule has 1 N–H and O–H groups in total. The van der Waals surface area contributed by atoms with Crippen LogP contribution in [0.3, 0.4) is 0 Å². The number of aliphatic hydroxyl groups excluding tert-OH is 1. The molecule has 0 radical (unpaired) electrons. The zero-order valence-corrected chi connectivity index (χ0v) is 9.84. The highest BCUT2D eigenvalue weighted by atomic mass is 16.5. The van der Waals surface area contributed by atoms with E-state index in [1.807, 2.05) is 36.4 Å². The van der Waals surface area contributed by atoms with Gasteiger partial charge in [0.05, 0.1) is 18.9 Å². The van der Waals surface area contributed by atoms with Gasteiger partial charge in [0.2, 0.25) is 0 Å². The lowest BCUT2D eigenvalue weighted by Gasteiger charge is -2.03. The first-order chi connectivity index (χ1) is 8.83. The maximum absolute atomic E-state index is 10.1. The predicted octanol–water partition coefficient (Wildman–Crippen LogP) is 3.17. The number of benzene rings is 1. The van der Waals surface area contributed by atoms with Gasteiger partial charge in [-0.3, -0.25) is 4.98 Å².